The zero-order valence-corrected chi connectivity index (χ0v) is 10.8. The van der Waals surface area contributed by atoms with Crippen LogP contribution in [0.1, 0.15) is 26.3 Å². The number of rotatable bonds is 2. The van der Waals surface area contributed by atoms with Gasteiger partial charge in [0.25, 0.3) is 11.8 Å². The highest BCUT2D eigenvalue weighted by Crippen LogP contribution is 2.03. The Morgan fingerprint density at radius 1 is 0.800 bits per heavy atom. The van der Waals surface area contributed by atoms with Gasteiger partial charge in [-0.1, -0.05) is 17.7 Å². The van der Waals surface area contributed by atoms with Crippen molar-refractivity contribution >= 4 is 11.8 Å². The van der Waals surface area contributed by atoms with Crippen LogP contribution in [0.3, 0.4) is 0 Å². The average Bonchev–Trinajstić information content (AvgIpc) is 2.46. The molecule has 20 heavy (non-hydrogen) atoms. The summed E-state index contributed by atoms with van der Waals surface area (Å²) in [6.07, 6.45) is 0. The van der Waals surface area contributed by atoms with Gasteiger partial charge in [0.1, 0.15) is 5.82 Å². The summed E-state index contributed by atoms with van der Waals surface area (Å²) in [5.41, 5.74) is 6.31. The van der Waals surface area contributed by atoms with Gasteiger partial charge in [-0.25, -0.2) is 4.39 Å². The van der Waals surface area contributed by atoms with E-state index in [2.05, 4.69) is 10.9 Å². The summed E-state index contributed by atoms with van der Waals surface area (Å²) in [6, 6.07) is 12.0. The fraction of sp³-hybridized carbons (Fsp3) is 0.0667. The Hall–Kier alpha value is -2.69. The first-order valence-electron chi connectivity index (χ1n) is 5.99. The second-order valence-corrected chi connectivity index (χ2v) is 4.28. The van der Waals surface area contributed by atoms with E-state index in [1.807, 2.05) is 6.92 Å². The van der Waals surface area contributed by atoms with Crippen molar-refractivity contribution in [2.45, 2.75) is 6.92 Å². The Morgan fingerprint density at radius 2 is 1.20 bits per heavy atom. The van der Waals surface area contributed by atoms with Crippen LogP contribution in [0.25, 0.3) is 0 Å². The Balaban J connectivity index is 1.94. The molecule has 0 aliphatic rings. The lowest BCUT2D eigenvalue weighted by molar-refractivity contribution is 0.0846. The molecule has 0 bridgehead atoms. The van der Waals surface area contributed by atoms with Gasteiger partial charge in [0, 0.05) is 11.1 Å². The summed E-state index contributed by atoms with van der Waals surface area (Å²) in [4.78, 5) is 23.5. The SMILES string of the molecule is Cc1ccc(C(=O)NNC(=O)c2ccc(F)cc2)cc1. The third kappa shape index (κ3) is 3.41. The van der Waals surface area contributed by atoms with E-state index in [9.17, 15) is 14.0 Å². The van der Waals surface area contributed by atoms with E-state index in [-0.39, 0.29) is 5.56 Å². The lowest BCUT2D eigenvalue weighted by Gasteiger charge is -2.07. The first kappa shape index (κ1) is 13.7. The van der Waals surface area contributed by atoms with Gasteiger partial charge in [-0.3, -0.25) is 20.4 Å². The Morgan fingerprint density at radius 3 is 1.65 bits per heavy atom. The lowest BCUT2D eigenvalue weighted by Crippen LogP contribution is -2.41. The number of hydrogen-bond acceptors (Lipinski definition) is 2. The first-order chi connectivity index (χ1) is 9.56. The lowest BCUT2D eigenvalue weighted by atomic mass is 10.1. The summed E-state index contributed by atoms with van der Waals surface area (Å²) < 4.78 is 12.7. The zero-order chi connectivity index (χ0) is 14.5. The number of carbonyl (C=O) groups excluding carboxylic acids is 2. The first-order valence-corrected chi connectivity index (χ1v) is 5.99. The molecule has 0 aliphatic heterocycles. The van der Waals surface area contributed by atoms with Gasteiger partial charge >= 0.3 is 0 Å². The van der Waals surface area contributed by atoms with Gasteiger partial charge in [0.2, 0.25) is 0 Å². The highest BCUT2D eigenvalue weighted by atomic mass is 19.1. The minimum Gasteiger partial charge on any atom is -0.267 e. The number of benzene rings is 2. The Bertz CT molecular complexity index is 564. The van der Waals surface area contributed by atoms with Crippen LogP contribution < -0.4 is 10.9 Å². The van der Waals surface area contributed by atoms with Crippen molar-refractivity contribution in [3.05, 3.63) is 71.0 Å². The van der Waals surface area contributed by atoms with Crippen LogP contribution >= 0.6 is 0 Å². The van der Waals surface area contributed by atoms with Crippen LogP contribution in [0.4, 0.5) is 4.39 Å². The standard InChI is InChI=1S/C15H13FN2O2/c1-10-2-4-11(5-3-10)14(19)17-18-15(20)12-6-8-13(16)9-7-12/h2-9H,1H3,(H,17,19)(H,18,20). The average molecular weight is 272 g/mol. The number of halogens is 1. The van der Waals surface area contributed by atoms with Crippen molar-refractivity contribution in [2.24, 2.45) is 0 Å². The van der Waals surface area contributed by atoms with E-state index in [0.717, 1.165) is 5.56 Å². The van der Waals surface area contributed by atoms with E-state index >= 15 is 0 Å². The molecule has 2 aromatic carbocycles. The molecule has 0 fully saturated rings. The number of hydrazine groups is 1. The molecule has 0 saturated carbocycles. The maximum absolute atomic E-state index is 12.7. The summed E-state index contributed by atoms with van der Waals surface area (Å²) in [7, 11) is 0. The Labute approximate surface area is 115 Å². The third-order valence-electron chi connectivity index (χ3n) is 2.71. The van der Waals surface area contributed by atoms with Gasteiger partial charge in [-0.2, -0.15) is 0 Å². The highest BCUT2D eigenvalue weighted by molar-refractivity contribution is 5.99. The number of carbonyl (C=O) groups is 2. The normalized spacial score (nSPS) is 9.90. The molecular weight excluding hydrogens is 259 g/mol. The van der Waals surface area contributed by atoms with Crippen LogP contribution in [0, 0.1) is 12.7 Å². The van der Waals surface area contributed by atoms with Gasteiger partial charge in [-0.15, -0.1) is 0 Å². The van der Waals surface area contributed by atoms with Crippen LogP contribution in [0.15, 0.2) is 48.5 Å². The molecule has 2 rings (SSSR count). The van der Waals surface area contributed by atoms with E-state index in [1.165, 1.54) is 24.3 Å². The molecule has 0 aliphatic carbocycles. The molecule has 5 heteroatoms. The van der Waals surface area contributed by atoms with Crippen LogP contribution in [-0.4, -0.2) is 11.8 Å². The second kappa shape index (κ2) is 5.97. The summed E-state index contributed by atoms with van der Waals surface area (Å²) in [5, 5.41) is 0. The van der Waals surface area contributed by atoms with Crippen molar-refractivity contribution in [2.75, 3.05) is 0 Å². The molecular formula is C15H13FN2O2. The van der Waals surface area contributed by atoms with Crippen molar-refractivity contribution in [3.63, 3.8) is 0 Å². The highest BCUT2D eigenvalue weighted by Gasteiger charge is 2.08. The van der Waals surface area contributed by atoms with Crippen LogP contribution in [-0.2, 0) is 0 Å². The molecule has 0 radical (unpaired) electrons. The number of amides is 2. The minimum absolute atomic E-state index is 0.260. The quantitative estimate of drug-likeness (QED) is 0.823. The van der Waals surface area contributed by atoms with Crippen molar-refractivity contribution < 1.29 is 14.0 Å². The van der Waals surface area contributed by atoms with Crippen molar-refractivity contribution in [1.82, 2.24) is 10.9 Å². The number of nitrogens with one attached hydrogen (secondary N) is 2. The minimum atomic E-state index is -0.509. The molecule has 2 N–H and O–H groups in total. The third-order valence-corrected chi connectivity index (χ3v) is 2.71. The summed E-state index contributed by atoms with van der Waals surface area (Å²) in [5.74, 6) is -1.35. The largest absolute Gasteiger partial charge is 0.269 e. The van der Waals surface area contributed by atoms with Crippen LogP contribution in [0.2, 0.25) is 0 Å². The smallest absolute Gasteiger partial charge is 0.267 e. The number of hydrogen-bond donors (Lipinski definition) is 2. The van der Waals surface area contributed by atoms with E-state index in [0.29, 0.717) is 5.56 Å². The predicted octanol–water partition coefficient (Wildman–Crippen LogP) is 2.21. The molecule has 4 nitrogen and oxygen atoms in total. The van der Waals surface area contributed by atoms with Gasteiger partial charge in [-0.05, 0) is 43.3 Å². The van der Waals surface area contributed by atoms with Crippen LogP contribution in [0.5, 0.6) is 0 Å². The van der Waals surface area contributed by atoms with Gasteiger partial charge < -0.3 is 0 Å². The maximum Gasteiger partial charge on any atom is 0.269 e. The Kier molecular flexibility index (Phi) is 4.10. The predicted molar refractivity (Wildman–Crippen MR) is 72.5 cm³/mol. The monoisotopic (exact) mass is 272 g/mol. The molecule has 0 spiro atoms. The molecule has 0 heterocycles. The second-order valence-electron chi connectivity index (χ2n) is 4.28. The van der Waals surface area contributed by atoms with E-state index < -0.39 is 17.6 Å². The van der Waals surface area contributed by atoms with Gasteiger partial charge in [0.15, 0.2) is 0 Å². The topological polar surface area (TPSA) is 58.2 Å². The summed E-state index contributed by atoms with van der Waals surface area (Å²) in [6.45, 7) is 1.91. The van der Waals surface area contributed by atoms with Crippen molar-refractivity contribution in [3.8, 4) is 0 Å². The molecule has 0 atom stereocenters. The molecule has 0 unspecified atom stereocenters. The number of aryl methyl sites for hydroxylation is 1. The van der Waals surface area contributed by atoms with E-state index in [4.69, 9.17) is 0 Å². The zero-order valence-electron chi connectivity index (χ0n) is 10.8. The molecule has 2 aromatic rings. The maximum atomic E-state index is 12.7. The van der Waals surface area contributed by atoms with E-state index in [1.54, 1.807) is 24.3 Å². The summed E-state index contributed by atoms with van der Waals surface area (Å²) >= 11 is 0. The molecule has 102 valence electrons. The molecule has 2 amide bonds. The van der Waals surface area contributed by atoms with Crippen molar-refractivity contribution in [1.29, 1.82) is 0 Å². The molecule has 0 saturated heterocycles. The van der Waals surface area contributed by atoms with Gasteiger partial charge in [0.05, 0.1) is 0 Å². The molecule has 0 aromatic heterocycles. The fourth-order valence-corrected chi connectivity index (χ4v) is 1.56. The fourth-order valence-electron chi connectivity index (χ4n) is 1.56.